The molecule has 1 saturated heterocycles. The molecule has 0 atom stereocenters. The largest absolute Gasteiger partial charge is 0.488 e. The van der Waals surface area contributed by atoms with E-state index in [0.29, 0.717) is 22.6 Å². The van der Waals surface area contributed by atoms with Crippen molar-refractivity contribution in [3.63, 3.8) is 0 Å². The Morgan fingerprint density at radius 3 is 2.37 bits per heavy atom. The summed E-state index contributed by atoms with van der Waals surface area (Å²) in [6.45, 7) is 1.90. The summed E-state index contributed by atoms with van der Waals surface area (Å²) in [5.74, 6) is -2.14. The first kappa shape index (κ1) is 24.5. The Morgan fingerprint density at radius 1 is 0.921 bits per heavy atom. The van der Waals surface area contributed by atoms with Crippen LogP contribution >= 0.6 is 0 Å². The molecule has 0 unspecified atom stereocenters. The number of urea groups is 1. The number of barbiturate groups is 1. The van der Waals surface area contributed by atoms with E-state index in [4.69, 9.17) is 9.84 Å². The van der Waals surface area contributed by atoms with Crippen molar-refractivity contribution >= 4 is 46.4 Å². The lowest BCUT2D eigenvalue weighted by atomic mass is 9.99. The van der Waals surface area contributed by atoms with Crippen LogP contribution in [0.3, 0.4) is 0 Å². The molecule has 0 spiro atoms. The summed E-state index contributed by atoms with van der Waals surface area (Å²) in [6, 6.07) is 23.5. The molecule has 0 saturated carbocycles. The molecular weight excluding hydrogens is 484 g/mol. The van der Waals surface area contributed by atoms with Crippen LogP contribution in [0.4, 0.5) is 10.5 Å². The van der Waals surface area contributed by atoms with Crippen LogP contribution in [0.25, 0.3) is 16.8 Å². The van der Waals surface area contributed by atoms with Crippen molar-refractivity contribution in [2.75, 3.05) is 4.90 Å². The van der Waals surface area contributed by atoms with Gasteiger partial charge in [-0.15, -0.1) is 0 Å². The highest BCUT2D eigenvalue weighted by molar-refractivity contribution is 6.39. The number of anilines is 1. The van der Waals surface area contributed by atoms with Gasteiger partial charge in [0.25, 0.3) is 11.8 Å². The molecule has 0 radical (unpaired) electrons. The van der Waals surface area contributed by atoms with Crippen molar-refractivity contribution in [2.45, 2.75) is 13.5 Å². The maximum Gasteiger partial charge on any atom is 0.335 e. The van der Waals surface area contributed by atoms with Gasteiger partial charge in [0.1, 0.15) is 17.9 Å². The van der Waals surface area contributed by atoms with E-state index in [1.807, 2.05) is 30.3 Å². The molecule has 1 fully saturated rings. The van der Waals surface area contributed by atoms with E-state index in [-0.39, 0.29) is 17.7 Å². The molecule has 38 heavy (non-hydrogen) atoms. The van der Waals surface area contributed by atoms with Crippen LogP contribution in [0.1, 0.15) is 27.0 Å². The van der Waals surface area contributed by atoms with Gasteiger partial charge < -0.3 is 9.84 Å². The zero-order chi connectivity index (χ0) is 26.8. The summed E-state index contributed by atoms with van der Waals surface area (Å²) in [7, 11) is 0. The van der Waals surface area contributed by atoms with Crippen molar-refractivity contribution in [3.05, 3.63) is 113 Å². The van der Waals surface area contributed by atoms with Crippen molar-refractivity contribution < 1.29 is 29.0 Å². The fourth-order valence-corrected chi connectivity index (χ4v) is 4.29. The lowest BCUT2D eigenvalue weighted by Gasteiger charge is -2.27. The molecule has 1 aliphatic rings. The Bertz CT molecular complexity index is 1640. The van der Waals surface area contributed by atoms with Crippen LogP contribution in [0, 0.1) is 6.92 Å². The first-order valence-electron chi connectivity index (χ1n) is 11.8. The van der Waals surface area contributed by atoms with Gasteiger partial charge in [0, 0.05) is 5.56 Å². The van der Waals surface area contributed by atoms with E-state index in [1.54, 1.807) is 49.4 Å². The molecule has 5 rings (SSSR count). The topological polar surface area (TPSA) is 113 Å². The molecule has 4 amide bonds. The molecule has 1 heterocycles. The van der Waals surface area contributed by atoms with Gasteiger partial charge >= 0.3 is 12.0 Å². The van der Waals surface area contributed by atoms with Gasteiger partial charge in [0.2, 0.25) is 0 Å². The average molecular weight is 507 g/mol. The van der Waals surface area contributed by atoms with E-state index >= 15 is 0 Å². The van der Waals surface area contributed by atoms with Gasteiger partial charge in [-0.25, -0.2) is 14.5 Å². The Kier molecular flexibility index (Phi) is 6.45. The van der Waals surface area contributed by atoms with Crippen molar-refractivity contribution in [3.8, 4) is 5.75 Å². The van der Waals surface area contributed by atoms with Crippen molar-refractivity contribution in [2.24, 2.45) is 0 Å². The minimum atomic E-state index is -1.02. The van der Waals surface area contributed by atoms with Gasteiger partial charge in [0.15, 0.2) is 0 Å². The van der Waals surface area contributed by atoms with Crippen LogP contribution < -0.4 is 15.0 Å². The summed E-state index contributed by atoms with van der Waals surface area (Å²) in [6.07, 6.45) is 1.45. The zero-order valence-electron chi connectivity index (χ0n) is 20.3. The second-order valence-electron chi connectivity index (χ2n) is 8.73. The van der Waals surface area contributed by atoms with Crippen LogP contribution in [0.15, 0.2) is 90.5 Å². The van der Waals surface area contributed by atoms with Gasteiger partial charge in [0.05, 0.1) is 11.3 Å². The lowest BCUT2D eigenvalue weighted by Crippen LogP contribution is -2.54. The van der Waals surface area contributed by atoms with Crippen LogP contribution in [-0.4, -0.2) is 28.9 Å². The first-order valence-corrected chi connectivity index (χ1v) is 11.8. The predicted molar refractivity (Wildman–Crippen MR) is 142 cm³/mol. The Hall–Kier alpha value is -5.24. The lowest BCUT2D eigenvalue weighted by molar-refractivity contribution is -0.122. The number of rotatable bonds is 6. The first-order chi connectivity index (χ1) is 18.3. The van der Waals surface area contributed by atoms with Gasteiger partial charge in [-0.3, -0.25) is 14.9 Å². The summed E-state index contributed by atoms with van der Waals surface area (Å²) < 4.78 is 6.08. The number of para-hydroxylation sites is 1. The second-order valence-corrected chi connectivity index (χ2v) is 8.73. The summed E-state index contributed by atoms with van der Waals surface area (Å²) in [5, 5.41) is 13.0. The van der Waals surface area contributed by atoms with Crippen molar-refractivity contribution in [1.29, 1.82) is 0 Å². The number of carboxylic acid groups (broad SMARTS) is 1. The van der Waals surface area contributed by atoms with E-state index in [9.17, 15) is 19.2 Å². The number of aryl methyl sites for hydroxylation is 1. The highest BCUT2D eigenvalue weighted by atomic mass is 16.5. The molecule has 0 aliphatic carbocycles. The van der Waals surface area contributed by atoms with E-state index in [0.717, 1.165) is 21.2 Å². The highest BCUT2D eigenvalue weighted by Crippen LogP contribution is 2.33. The maximum absolute atomic E-state index is 13.5. The van der Waals surface area contributed by atoms with Crippen LogP contribution in [0.5, 0.6) is 5.75 Å². The summed E-state index contributed by atoms with van der Waals surface area (Å²) in [5.41, 5.74) is 2.28. The zero-order valence-corrected chi connectivity index (χ0v) is 20.3. The molecule has 0 aromatic heterocycles. The third-order valence-corrected chi connectivity index (χ3v) is 6.27. The molecule has 0 bridgehead atoms. The van der Waals surface area contributed by atoms with E-state index < -0.39 is 23.8 Å². The fraction of sp³-hybridized carbons (Fsp3) is 0.0667. The highest BCUT2D eigenvalue weighted by Gasteiger charge is 2.37. The monoisotopic (exact) mass is 506 g/mol. The summed E-state index contributed by atoms with van der Waals surface area (Å²) >= 11 is 0. The van der Waals surface area contributed by atoms with Crippen LogP contribution in [-0.2, 0) is 16.2 Å². The number of imide groups is 2. The van der Waals surface area contributed by atoms with Crippen LogP contribution in [0.2, 0.25) is 0 Å². The number of nitrogens with one attached hydrogen (secondary N) is 1. The number of nitrogens with zero attached hydrogens (tertiary/aromatic N) is 1. The quantitative estimate of drug-likeness (QED) is 0.278. The third kappa shape index (κ3) is 4.62. The predicted octanol–water partition coefficient (Wildman–Crippen LogP) is 5.09. The number of carbonyl (C=O) groups excluding carboxylic acids is 3. The minimum absolute atomic E-state index is 0.127. The van der Waals surface area contributed by atoms with Gasteiger partial charge in [-0.2, -0.15) is 0 Å². The average Bonchev–Trinajstić information content (AvgIpc) is 2.91. The second kappa shape index (κ2) is 10.0. The maximum atomic E-state index is 13.5. The molecule has 8 heteroatoms. The fourth-order valence-electron chi connectivity index (χ4n) is 4.29. The molecule has 4 aromatic rings. The number of aromatic carboxylic acids is 1. The number of hydrogen-bond donors (Lipinski definition) is 2. The number of carboxylic acids is 1. The Labute approximate surface area is 217 Å². The molecule has 188 valence electrons. The molecule has 1 aliphatic heterocycles. The SMILES string of the molecule is Cc1ccccc1N1C(=O)NC(=O)/C(=C\c2c(OCc3ccc(C(=O)O)cc3)ccc3ccccc23)C1=O. The molecule has 2 N–H and O–H groups in total. The molecule has 8 nitrogen and oxygen atoms in total. The van der Waals surface area contributed by atoms with E-state index in [2.05, 4.69) is 5.32 Å². The third-order valence-electron chi connectivity index (χ3n) is 6.27. The summed E-state index contributed by atoms with van der Waals surface area (Å²) in [4.78, 5) is 51.1. The number of carbonyl (C=O) groups is 4. The van der Waals surface area contributed by atoms with Gasteiger partial charge in [-0.05, 0) is 59.2 Å². The number of fused-ring (bicyclic) bond motifs is 1. The molecule has 4 aromatic carbocycles. The van der Waals surface area contributed by atoms with Crippen molar-refractivity contribution in [1.82, 2.24) is 5.32 Å². The number of ether oxygens (including phenoxy) is 1. The van der Waals surface area contributed by atoms with E-state index in [1.165, 1.54) is 18.2 Å². The number of benzene rings is 4. The Balaban J connectivity index is 1.55. The Morgan fingerprint density at radius 2 is 1.63 bits per heavy atom. The smallest absolute Gasteiger partial charge is 0.335 e. The standard InChI is InChI=1S/C30H22N2O6/c1-18-6-2-5-9-25(18)32-28(34)24(27(33)31-30(32)37)16-23-22-8-4-3-7-20(22)14-15-26(23)38-17-19-10-12-21(13-11-19)29(35)36/h2-16H,17H2,1H3,(H,35,36)(H,31,33,37)/b24-16+. The number of amides is 4. The normalized spacial score (nSPS) is 14.6. The molecular formula is C30H22N2O6. The number of hydrogen-bond acceptors (Lipinski definition) is 5. The van der Waals surface area contributed by atoms with Gasteiger partial charge in [-0.1, -0.05) is 60.7 Å². The minimum Gasteiger partial charge on any atom is -0.488 e.